The SMILES string of the molecule is CCNC(=O)[C@@H]1C[C@H](NC(=O)CCCn2ccnc2)CN1C1CCCC1. The molecule has 0 radical (unpaired) electrons. The molecule has 2 heterocycles. The Morgan fingerprint density at radius 3 is 2.77 bits per heavy atom. The molecule has 0 unspecified atom stereocenters. The summed E-state index contributed by atoms with van der Waals surface area (Å²) < 4.78 is 1.98. The lowest BCUT2D eigenvalue weighted by atomic mass is 10.1. The summed E-state index contributed by atoms with van der Waals surface area (Å²) in [5.74, 6) is 0.189. The average molecular weight is 361 g/mol. The molecule has 2 atom stereocenters. The van der Waals surface area contributed by atoms with Crippen LogP contribution in [0.3, 0.4) is 0 Å². The molecule has 144 valence electrons. The van der Waals surface area contributed by atoms with Crippen molar-refractivity contribution in [1.29, 1.82) is 0 Å². The van der Waals surface area contributed by atoms with Gasteiger partial charge in [0, 0.05) is 50.5 Å². The molecule has 1 saturated carbocycles. The van der Waals surface area contributed by atoms with Crippen LogP contribution in [0.4, 0.5) is 0 Å². The standard InChI is InChI=1S/C19H31N5O2/c1-2-21-19(26)17-12-15(13-24(17)16-6-3-4-7-16)22-18(25)8-5-10-23-11-9-20-14-23/h9,11,14-17H,2-8,10,12-13H2,1H3,(H,21,26)(H,22,25)/t15-,17-/m0/s1. The van der Waals surface area contributed by atoms with Gasteiger partial charge in [0.25, 0.3) is 0 Å². The quantitative estimate of drug-likeness (QED) is 0.731. The first-order valence-electron chi connectivity index (χ1n) is 9.96. The predicted octanol–water partition coefficient (Wildman–Crippen LogP) is 1.30. The van der Waals surface area contributed by atoms with Crippen molar-refractivity contribution in [1.82, 2.24) is 25.1 Å². The Kier molecular flexibility index (Phi) is 6.66. The van der Waals surface area contributed by atoms with Crippen LogP contribution in [0.5, 0.6) is 0 Å². The molecule has 7 nitrogen and oxygen atoms in total. The molecule has 2 aliphatic rings. The molecule has 2 amide bonds. The fourth-order valence-electron chi connectivity index (χ4n) is 4.30. The van der Waals surface area contributed by atoms with Gasteiger partial charge in [-0.1, -0.05) is 12.8 Å². The van der Waals surface area contributed by atoms with E-state index in [-0.39, 0.29) is 23.9 Å². The smallest absolute Gasteiger partial charge is 0.237 e. The number of carbonyl (C=O) groups excluding carboxylic acids is 2. The predicted molar refractivity (Wildman–Crippen MR) is 99.4 cm³/mol. The van der Waals surface area contributed by atoms with Crippen molar-refractivity contribution >= 4 is 11.8 Å². The van der Waals surface area contributed by atoms with Crippen LogP contribution in [0.15, 0.2) is 18.7 Å². The number of carbonyl (C=O) groups is 2. The van der Waals surface area contributed by atoms with E-state index in [1.54, 1.807) is 12.5 Å². The average Bonchev–Trinajstić information content (AvgIpc) is 3.36. The summed E-state index contributed by atoms with van der Waals surface area (Å²) in [5.41, 5.74) is 0. The molecule has 0 aromatic carbocycles. The second-order valence-electron chi connectivity index (χ2n) is 7.45. The van der Waals surface area contributed by atoms with Gasteiger partial charge >= 0.3 is 0 Å². The van der Waals surface area contributed by atoms with Crippen LogP contribution in [-0.2, 0) is 16.1 Å². The Hall–Kier alpha value is -1.89. The molecule has 0 bridgehead atoms. The summed E-state index contributed by atoms with van der Waals surface area (Å²) in [6.07, 6.45) is 12.3. The first kappa shape index (κ1) is 18.9. The van der Waals surface area contributed by atoms with Crippen molar-refractivity contribution in [2.75, 3.05) is 13.1 Å². The number of likely N-dealkylation sites (N-methyl/N-ethyl adjacent to an activating group) is 1. The zero-order valence-electron chi connectivity index (χ0n) is 15.7. The molecule has 2 fully saturated rings. The number of likely N-dealkylation sites (tertiary alicyclic amines) is 1. The number of nitrogens with zero attached hydrogens (tertiary/aromatic N) is 3. The van der Waals surface area contributed by atoms with Crippen molar-refractivity contribution in [3.8, 4) is 0 Å². The van der Waals surface area contributed by atoms with Crippen LogP contribution < -0.4 is 10.6 Å². The minimum atomic E-state index is -0.103. The Bertz CT molecular complexity index is 583. The molecule has 26 heavy (non-hydrogen) atoms. The highest BCUT2D eigenvalue weighted by Crippen LogP contribution is 2.30. The molecule has 3 rings (SSSR count). The number of hydrogen-bond acceptors (Lipinski definition) is 4. The Morgan fingerprint density at radius 2 is 2.08 bits per heavy atom. The molecule has 1 aliphatic carbocycles. The molecule has 2 N–H and O–H groups in total. The van der Waals surface area contributed by atoms with E-state index in [0.29, 0.717) is 19.0 Å². The van der Waals surface area contributed by atoms with E-state index in [9.17, 15) is 9.59 Å². The van der Waals surface area contributed by atoms with Gasteiger partial charge in [-0.25, -0.2) is 4.98 Å². The lowest BCUT2D eigenvalue weighted by Crippen LogP contribution is -2.47. The van der Waals surface area contributed by atoms with Crippen LogP contribution in [0.2, 0.25) is 0 Å². The molecule has 7 heteroatoms. The summed E-state index contributed by atoms with van der Waals surface area (Å²) in [6.45, 7) is 4.19. The first-order valence-corrected chi connectivity index (χ1v) is 9.96. The van der Waals surface area contributed by atoms with Gasteiger partial charge in [0.05, 0.1) is 12.4 Å². The summed E-state index contributed by atoms with van der Waals surface area (Å²) in [6, 6.07) is 0.462. The van der Waals surface area contributed by atoms with Gasteiger partial charge in [0.15, 0.2) is 0 Å². The Labute approximate surface area is 155 Å². The fourth-order valence-corrected chi connectivity index (χ4v) is 4.30. The number of imidazole rings is 1. The molecule has 1 aromatic heterocycles. The van der Waals surface area contributed by atoms with Crippen molar-refractivity contribution in [3.05, 3.63) is 18.7 Å². The van der Waals surface area contributed by atoms with E-state index in [4.69, 9.17) is 0 Å². The molecular weight excluding hydrogens is 330 g/mol. The van der Waals surface area contributed by atoms with E-state index in [1.165, 1.54) is 25.7 Å². The second-order valence-corrected chi connectivity index (χ2v) is 7.45. The van der Waals surface area contributed by atoms with Crippen LogP contribution in [-0.4, -0.2) is 57.5 Å². The van der Waals surface area contributed by atoms with Gasteiger partial charge < -0.3 is 15.2 Å². The number of amides is 2. The van der Waals surface area contributed by atoms with Crippen LogP contribution in [0.1, 0.15) is 51.9 Å². The van der Waals surface area contributed by atoms with Crippen molar-refractivity contribution in [2.45, 2.75) is 76.5 Å². The third-order valence-electron chi connectivity index (χ3n) is 5.53. The fraction of sp³-hybridized carbons (Fsp3) is 0.737. The lowest BCUT2D eigenvalue weighted by Gasteiger charge is -2.29. The number of aryl methyl sites for hydroxylation is 1. The highest BCUT2D eigenvalue weighted by molar-refractivity contribution is 5.82. The normalized spacial score (nSPS) is 24.0. The maximum Gasteiger partial charge on any atom is 0.237 e. The highest BCUT2D eigenvalue weighted by atomic mass is 16.2. The third-order valence-corrected chi connectivity index (χ3v) is 5.53. The Balaban J connectivity index is 1.49. The zero-order chi connectivity index (χ0) is 18.4. The van der Waals surface area contributed by atoms with Crippen LogP contribution in [0, 0.1) is 0 Å². The third kappa shape index (κ3) is 4.84. The van der Waals surface area contributed by atoms with E-state index >= 15 is 0 Å². The monoisotopic (exact) mass is 361 g/mol. The van der Waals surface area contributed by atoms with Gasteiger partial charge in [-0.2, -0.15) is 0 Å². The Morgan fingerprint density at radius 1 is 1.27 bits per heavy atom. The summed E-state index contributed by atoms with van der Waals surface area (Å²) in [5, 5.41) is 6.12. The topological polar surface area (TPSA) is 79.3 Å². The minimum absolute atomic E-state index is 0.0731. The summed E-state index contributed by atoms with van der Waals surface area (Å²) in [4.78, 5) is 31.1. The van der Waals surface area contributed by atoms with Crippen LogP contribution >= 0.6 is 0 Å². The second kappa shape index (κ2) is 9.16. The molecule has 1 aliphatic heterocycles. The number of nitrogens with one attached hydrogen (secondary N) is 2. The minimum Gasteiger partial charge on any atom is -0.355 e. The largest absolute Gasteiger partial charge is 0.355 e. The van der Waals surface area contributed by atoms with E-state index in [1.807, 2.05) is 17.7 Å². The maximum atomic E-state index is 12.5. The van der Waals surface area contributed by atoms with E-state index in [0.717, 1.165) is 25.9 Å². The zero-order valence-corrected chi connectivity index (χ0v) is 15.7. The van der Waals surface area contributed by atoms with Gasteiger partial charge in [0.2, 0.25) is 11.8 Å². The van der Waals surface area contributed by atoms with Crippen molar-refractivity contribution in [3.63, 3.8) is 0 Å². The molecule has 0 spiro atoms. The molecule has 1 saturated heterocycles. The van der Waals surface area contributed by atoms with Crippen molar-refractivity contribution in [2.24, 2.45) is 0 Å². The van der Waals surface area contributed by atoms with Gasteiger partial charge in [-0.05, 0) is 32.6 Å². The lowest BCUT2D eigenvalue weighted by molar-refractivity contribution is -0.126. The van der Waals surface area contributed by atoms with Crippen molar-refractivity contribution < 1.29 is 9.59 Å². The summed E-state index contributed by atoms with van der Waals surface area (Å²) in [7, 11) is 0. The first-order chi connectivity index (χ1) is 12.7. The van der Waals surface area contributed by atoms with Crippen LogP contribution in [0.25, 0.3) is 0 Å². The molecular formula is C19H31N5O2. The van der Waals surface area contributed by atoms with E-state index < -0.39 is 0 Å². The number of aromatic nitrogens is 2. The van der Waals surface area contributed by atoms with E-state index in [2.05, 4.69) is 20.5 Å². The number of rotatable bonds is 8. The maximum absolute atomic E-state index is 12.5. The van der Waals surface area contributed by atoms with Gasteiger partial charge in [-0.15, -0.1) is 0 Å². The van der Waals surface area contributed by atoms with Gasteiger partial charge in [0.1, 0.15) is 0 Å². The molecule has 1 aromatic rings. The summed E-state index contributed by atoms with van der Waals surface area (Å²) >= 11 is 0. The van der Waals surface area contributed by atoms with Gasteiger partial charge in [-0.3, -0.25) is 14.5 Å². The highest BCUT2D eigenvalue weighted by Gasteiger charge is 2.41. The number of hydrogen-bond donors (Lipinski definition) is 2.